The fourth-order valence-electron chi connectivity index (χ4n) is 4.38. The first kappa shape index (κ1) is 17.6. The van der Waals surface area contributed by atoms with E-state index >= 15 is 0 Å². The number of aromatic amines is 1. The highest BCUT2D eigenvalue weighted by Crippen LogP contribution is 2.30. The average molecular weight is 373 g/mol. The summed E-state index contributed by atoms with van der Waals surface area (Å²) in [7, 11) is 0. The molecule has 0 bridgehead atoms. The molecule has 0 saturated carbocycles. The van der Waals surface area contributed by atoms with E-state index in [4.69, 9.17) is 11.6 Å². The van der Waals surface area contributed by atoms with Crippen molar-refractivity contribution in [1.29, 1.82) is 0 Å². The number of hydrogen-bond acceptors (Lipinski definition) is 3. The summed E-state index contributed by atoms with van der Waals surface area (Å²) in [6.07, 6.45) is 6.33. The number of H-pyrrole nitrogens is 1. The Labute approximate surface area is 159 Å². The zero-order valence-electron chi connectivity index (χ0n) is 14.9. The lowest BCUT2D eigenvalue weighted by Gasteiger charge is -2.44. The summed E-state index contributed by atoms with van der Waals surface area (Å²) >= 11 is 6.22. The van der Waals surface area contributed by atoms with Crippen LogP contribution in [0.3, 0.4) is 0 Å². The summed E-state index contributed by atoms with van der Waals surface area (Å²) in [6.45, 7) is 3.17. The average Bonchev–Trinajstić information content (AvgIpc) is 3.16. The van der Waals surface area contributed by atoms with Crippen molar-refractivity contribution in [3.8, 4) is 11.3 Å². The number of nitrogens with zero attached hydrogens (tertiary/aromatic N) is 2. The number of piperidine rings is 2. The van der Waals surface area contributed by atoms with E-state index in [0.29, 0.717) is 28.4 Å². The van der Waals surface area contributed by atoms with Crippen LogP contribution < -0.4 is 5.32 Å². The van der Waals surface area contributed by atoms with Crippen LogP contribution >= 0.6 is 11.6 Å². The van der Waals surface area contributed by atoms with Gasteiger partial charge in [0.2, 0.25) is 0 Å². The first-order valence-corrected chi connectivity index (χ1v) is 9.93. The van der Waals surface area contributed by atoms with Crippen LogP contribution in [0.4, 0.5) is 0 Å². The number of benzene rings is 1. The van der Waals surface area contributed by atoms with E-state index in [1.54, 1.807) is 6.07 Å². The zero-order chi connectivity index (χ0) is 17.9. The Hall–Kier alpha value is -1.85. The van der Waals surface area contributed by atoms with E-state index in [1.165, 1.54) is 45.2 Å². The molecule has 4 rings (SSSR count). The van der Waals surface area contributed by atoms with Gasteiger partial charge < -0.3 is 10.2 Å². The molecule has 1 aromatic heterocycles. The van der Waals surface area contributed by atoms with Crippen LogP contribution in [0.5, 0.6) is 0 Å². The highest BCUT2D eigenvalue weighted by Gasteiger charge is 2.33. The Kier molecular flexibility index (Phi) is 5.27. The van der Waals surface area contributed by atoms with Crippen molar-refractivity contribution in [3.05, 3.63) is 41.0 Å². The molecule has 138 valence electrons. The van der Waals surface area contributed by atoms with Crippen molar-refractivity contribution in [2.45, 2.75) is 38.1 Å². The van der Waals surface area contributed by atoms with E-state index in [-0.39, 0.29) is 5.91 Å². The van der Waals surface area contributed by atoms with E-state index in [2.05, 4.69) is 20.4 Å². The second-order valence-electron chi connectivity index (χ2n) is 7.36. The predicted molar refractivity (Wildman–Crippen MR) is 103 cm³/mol. The summed E-state index contributed by atoms with van der Waals surface area (Å²) in [5, 5.41) is 10.8. The van der Waals surface area contributed by atoms with Gasteiger partial charge in [0, 0.05) is 18.2 Å². The molecule has 2 aliphatic rings. The van der Waals surface area contributed by atoms with Crippen LogP contribution in [0.1, 0.15) is 42.6 Å². The number of rotatable bonds is 4. The Morgan fingerprint density at radius 1 is 1.23 bits per heavy atom. The van der Waals surface area contributed by atoms with Crippen molar-refractivity contribution in [3.63, 3.8) is 0 Å². The van der Waals surface area contributed by atoms with Gasteiger partial charge in [0.05, 0.1) is 10.7 Å². The van der Waals surface area contributed by atoms with Crippen molar-refractivity contribution in [2.24, 2.45) is 5.92 Å². The van der Waals surface area contributed by atoms with Crippen molar-refractivity contribution in [2.75, 3.05) is 19.6 Å². The minimum absolute atomic E-state index is 0.0938. The fraction of sp³-hybridized carbons (Fsp3) is 0.500. The summed E-state index contributed by atoms with van der Waals surface area (Å²) < 4.78 is 0. The number of nitrogens with one attached hydrogen (secondary N) is 2. The Morgan fingerprint density at radius 2 is 2.08 bits per heavy atom. The largest absolute Gasteiger partial charge is 0.350 e. The molecule has 0 unspecified atom stereocenters. The maximum Gasteiger partial charge on any atom is 0.269 e. The second-order valence-corrected chi connectivity index (χ2v) is 7.77. The molecule has 2 saturated heterocycles. The molecular weight excluding hydrogens is 348 g/mol. The minimum Gasteiger partial charge on any atom is -0.350 e. The molecule has 2 aromatic rings. The predicted octanol–water partition coefficient (Wildman–Crippen LogP) is 3.72. The molecule has 0 spiro atoms. The molecule has 3 heterocycles. The van der Waals surface area contributed by atoms with Gasteiger partial charge in [-0.25, -0.2) is 0 Å². The van der Waals surface area contributed by atoms with Crippen molar-refractivity contribution in [1.82, 2.24) is 20.4 Å². The van der Waals surface area contributed by atoms with Crippen LogP contribution in [-0.4, -0.2) is 46.7 Å². The summed E-state index contributed by atoms with van der Waals surface area (Å²) in [5.41, 5.74) is 2.00. The molecule has 1 aromatic carbocycles. The van der Waals surface area contributed by atoms with Gasteiger partial charge in [-0.3, -0.25) is 9.89 Å². The summed E-state index contributed by atoms with van der Waals surface area (Å²) in [5.74, 6) is 0.461. The maximum absolute atomic E-state index is 12.5. The molecule has 26 heavy (non-hydrogen) atoms. The van der Waals surface area contributed by atoms with E-state index < -0.39 is 0 Å². The highest BCUT2D eigenvalue weighted by molar-refractivity contribution is 6.33. The standard InChI is InChI=1S/C20H25ClN4O/c21-16-8-2-1-7-15(16)17-12-18(24-23-17)20(26)22-13-14-6-5-11-25-10-4-3-9-19(14)25/h1-2,7-8,12,14,19H,3-6,9-11,13H2,(H,22,26)(H,23,24)/t14-,19+/m0/s1. The molecule has 5 nitrogen and oxygen atoms in total. The topological polar surface area (TPSA) is 61.0 Å². The van der Waals surface area contributed by atoms with Crippen LogP contribution in [0.2, 0.25) is 5.02 Å². The third-order valence-electron chi connectivity index (χ3n) is 5.73. The third-order valence-corrected chi connectivity index (χ3v) is 6.06. The number of fused-ring (bicyclic) bond motifs is 1. The maximum atomic E-state index is 12.5. The lowest BCUT2D eigenvalue weighted by atomic mass is 9.83. The van der Waals surface area contributed by atoms with Crippen LogP contribution in [0, 0.1) is 5.92 Å². The van der Waals surface area contributed by atoms with Gasteiger partial charge >= 0.3 is 0 Å². The molecule has 2 fully saturated rings. The fourth-order valence-corrected chi connectivity index (χ4v) is 4.61. The Balaban J connectivity index is 1.39. The Morgan fingerprint density at radius 3 is 2.96 bits per heavy atom. The second kappa shape index (κ2) is 7.80. The first-order chi connectivity index (χ1) is 12.7. The molecule has 1 amide bonds. The molecular formula is C20H25ClN4O. The van der Waals surface area contributed by atoms with Gasteiger partial charge in [-0.15, -0.1) is 0 Å². The number of aromatic nitrogens is 2. The molecule has 6 heteroatoms. The first-order valence-electron chi connectivity index (χ1n) is 9.55. The third kappa shape index (κ3) is 3.64. The van der Waals surface area contributed by atoms with Crippen molar-refractivity contribution >= 4 is 17.5 Å². The molecule has 0 radical (unpaired) electrons. The van der Waals surface area contributed by atoms with Gasteiger partial charge in [0.15, 0.2) is 0 Å². The van der Waals surface area contributed by atoms with Crippen LogP contribution in [0.25, 0.3) is 11.3 Å². The number of halogens is 1. The number of carbonyl (C=O) groups is 1. The van der Waals surface area contributed by atoms with Gasteiger partial charge in [-0.05, 0) is 56.8 Å². The quantitative estimate of drug-likeness (QED) is 0.859. The zero-order valence-corrected chi connectivity index (χ0v) is 15.6. The molecule has 2 aliphatic heterocycles. The lowest BCUT2D eigenvalue weighted by molar-refractivity contribution is 0.0575. The van der Waals surface area contributed by atoms with Gasteiger partial charge in [-0.2, -0.15) is 5.10 Å². The highest BCUT2D eigenvalue weighted by atomic mass is 35.5. The molecule has 2 N–H and O–H groups in total. The number of amides is 1. The lowest BCUT2D eigenvalue weighted by Crippen LogP contribution is -2.51. The minimum atomic E-state index is -0.0938. The summed E-state index contributed by atoms with van der Waals surface area (Å²) in [6, 6.07) is 9.92. The summed E-state index contributed by atoms with van der Waals surface area (Å²) in [4.78, 5) is 15.2. The normalized spacial score (nSPS) is 23.4. The molecule has 0 aliphatic carbocycles. The van der Waals surface area contributed by atoms with Gasteiger partial charge in [0.1, 0.15) is 5.69 Å². The number of hydrogen-bond donors (Lipinski definition) is 2. The van der Waals surface area contributed by atoms with E-state index in [0.717, 1.165) is 12.1 Å². The van der Waals surface area contributed by atoms with Crippen LogP contribution in [0.15, 0.2) is 30.3 Å². The van der Waals surface area contributed by atoms with E-state index in [9.17, 15) is 4.79 Å². The smallest absolute Gasteiger partial charge is 0.269 e. The van der Waals surface area contributed by atoms with Crippen LogP contribution in [-0.2, 0) is 0 Å². The number of carbonyl (C=O) groups excluding carboxylic acids is 1. The Bertz CT molecular complexity index is 773. The monoisotopic (exact) mass is 372 g/mol. The van der Waals surface area contributed by atoms with Crippen molar-refractivity contribution < 1.29 is 4.79 Å². The molecule has 2 atom stereocenters. The van der Waals surface area contributed by atoms with E-state index in [1.807, 2.05) is 24.3 Å². The van der Waals surface area contributed by atoms with Gasteiger partial charge in [-0.1, -0.05) is 36.2 Å². The van der Waals surface area contributed by atoms with Gasteiger partial charge in [0.25, 0.3) is 5.91 Å². The SMILES string of the molecule is O=C(NC[C@@H]1CCCN2CCCC[C@H]12)c1cc(-c2ccccc2Cl)n[nH]1.